The van der Waals surface area contributed by atoms with Gasteiger partial charge in [0.25, 0.3) is 0 Å². The predicted molar refractivity (Wildman–Crippen MR) is 183 cm³/mol. The summed E-state index contributed by atoms with van der Waals surface area (Å²) in [4.78, 5) is 21.1. The van der Waals surface area contributed by atoms with Gasteiger partial charge in [0.2, 0.25) is 5.79 Å². The summed E-state index contributed by atoms with van der Waals surface area (Å²) in [5.41, 5.74) is 3.40. The van der Waals surface area contributed by atoms with E-state index in [0.717, 1.165) is 42.4 Å². The van der Waals surface area contributed by atoms with Crippen LogP contribution in [0.2, 0.25) is 0 Å². The fourth-order valence-corrected chi connectivity index (χ4v) is 7.83. The highest BCUT2D eigenvalue weighted by Gasteiger charge is 2.65. The number of phenolic OH excluding ortho intramolecular Hbond substituents is 1. The smallest absolute Gasteiger partial charge is 0.410 e. The minimum Gasteiger partial charge on any atom is -0.508 e. The van der Waals surface area contributed by atoms with Crippen LogP contribution in [-0.2, 0) is 20.9 Å². The molecule has 10 heteroatoms. The average molecular weight is 663 g/mol. The van der Waals surface area contributed by atoms with Crippen molar-refractivity contribution in [1.82, 2.24) is 4.90 Å². The van der Waals surface area contributed by atoms with Gasteiger partial charge in [-0.2, -0.15) is 0 Å². The molecular formula is C38H50N2O8. The van der Waals surface area contributed by atoms with Crippen molar-refractivity contribution >= 4 is 11.8 Å². The second-order valence-corrected chi connectivity index (χ2v) is 12.9. The van der Waals surface area contributed by atoms with E-state index < -0.39 is 23.8 Å². The van der Waals surface area contributed by atoms with Gasteiger partial charge in [0, 0.05) is 38.2 Å². The van der Waals surface area contributed by atoms with Crippen molar-refractivity contribution in [2.45, 2.75) is 76.2 Å². The Morgan fingerprint density at radius 1 is 1.10 bits per heavy atom. The number of nitrogens with zero attached hydrogens (tertiary/aromatic N) is 2. The van der Waals surface area contributed by atoms with Crippen molar-refractivity contribution in [3.63, 3.8) is 0 Å². The Kier molecular flexibility index (Phi) is 12.2. The summed E-state index contributed by atoms with van der Waals surface area (Å²) in [5.74, 6) is -1.05. The van der Waals surface area contributed by atoms with Crippen LogP contribution in [0, 0.1) is 17.8 Å². The molecule has 3 N–H and O–H groups in total. The molecule has 2 aromatic rings. The highest BCUT2D eigenvalue weighted by atomic mass is 16.7. The number of ether oxygens (including phenoxy) is 3. The number of allylic oxidation sites excluding steroid dienone is 1. The fraction of sp³-hybridized carbons (Fsp3) is 0.526. The summed E-state index contributed by atoms with van der Waals surface area (Å²) in [6.07, 6.45) is 8.42. The SMILES string of the molecule is C=CCO[C@@]12Oc3ccc(O)cc3[C@H]3[C@H](CCCCO)[C@@H](CCCCO)C=C(C(=NOCC)C[C@@H]1N(C)C(=O)OCc1ccccc1)[C@H]32. The number of phenols is 1. The van der Waals surface area contributed by atoms with Crippen molar-refractivity contribution in [2.24, 2.45) is 22.9 Å². The first-order chi connectivity index (χ1) is 23.4. The first kappa shape index (κ1) is 35.4. The van der Waals surface area contributed by atoms with Crippen LogP contribution in [0.1, 0.15) is 68.9 Å². The molecule has 0 radical (unpaired) electrons. The summed E-state index contributed by atoms with van der Waals surface area (Å²) in [7, 11) is 1.70. The number of unbranched alkanes of at least 4 members (excludes halogenated alkanes) is 2. The zero-order valence-corrected chi connectivity index (χ0v) is 28.1. The molecule has 260 valence electrons. The third-order valence-corrected chi connectivity index (χ3v) is 9.92. The number of hydrogen-bond donors (Lipinski definition) is 3. The van der Waals surface area contributed by atoms with Crippen molar-refractivity contribution in [1.29, 1.82) is 0 Å². The monoisotopic (exact) mass is 662 g/mol. The van der Waals surface area contributed by atoms with Crippen LogP contribution >= 0.6 is 0 Å². The van der Waals surface area contributed by atoms with Gasteiger partial charge >= 0.3 is 6.09 Å². The lowest BCUT2D eigenvalue weighted by Crippen LogP contribution is -2.69. The van der Waals surface area contributed by atoms with Crippen molar-refractivity contribution in [3.05, 3.63) is 84.0 Å². The van der Waals surface area contributed by atoms with Gasteiger partial charge in [0.1, 0.15) is 30.8 Å². The number of amides is 1. The zero-order valence-electron chi connectivity index (χ0n) is 28.1. The Labute approximate surface area is 283 Å². The molecule has 1 heterocycles. The van der Waals surface area contributed by atoms with Crippen LogP contribution in [0.4, 0.5) is 4.79 Å². The Morgan fingerprint density at radius 2 is 1.85 bits per heavy atom. The minimum absolute atomic E-state index is 0.0857. The molecule has 10 nitrogen and oxygen atoms in total. The van der Waals surface area contributed by atoms with E-state index in [2.05, 4.69) is 17.8 Å². The molecule has 0 aromatic heterocycles. The number of hydrogen-bond acceptors (Lipinski definition) is 9. The maximum atomic E-state index is 13.8. The molecule has 1 fully saturated rings. The molecular weight excluding hydrogens is 612 g/mol. The number of oxime groups is 1. The van der Waals surface area contributed by atoms with Gasteiger partial charge < -0.3 is 39.3 Å². The van der Waals surface area contributed by atoms with E-state index in [9.17, 15) is 20.1 Å². The number of aromatic hydroxyl groups is 1. The van der Waals surface area contributed by atoms with Crippen molar-refractivity contribution < 1.29 is 39.2 Å². The second-order valence-electron chi connectivity index (χ2n) is 12.9. The molecule has 2 aliphatic carbocycles. The number of fused-ring (bicyclic) bond motifs is 2. The van der Waals surface area contributed by atoms with E-state index in [1.807, 2.05) is 37.3 Å². The van der Waals surface area contributed by atoms with Gasteiger partial charge in [-0.05, 0) is 73.8 Å². The summed E-state index contributed by atoms with van der Waals surface area (Å²) < 4.78 is 19.6. The first-order valence-electron chi connectivity index (χ1n) is 17.2. The second kappa shape index (κ2) is 16.5. The van der Waals surface area contributed by atoms with Crippen LogP contribution in [-0.4, -0.2) is 77.3 Å². The van der Waals surface area contributed by atoms with E-state index in [0.29, 0.717) is 30.9 Å². The Bertz CT molecular complexity index is 1450. The molecule has 1 aliphatic heterocycles. The van der Waals surface area contributed by atoms with E-state index in [1.165, 1.54) is 0 Å². The van der Waals surface area contributed by atoms with E-state index in [-0.39, 0.29) is 56.4 Å². The normalized spacial score (nSPS) is 26.5. The third-order valence-electron chi connectivity index (χ3n) is 9.92. The lowest BCUT2D eigenvalue weighted by atomic mass is 9.55. The minimum atomic E-state index is -1.36. The Balaban J connectivity index is 1.67. The molecule has 0 unspecified atom stereocenters. The van der Waals surface area contributed by atoms with Crippen molar-refractivity contribution in [3.8, 4) is 11.5 Å². The van der Waals surface area contributed by atoms with Crippen LogP contribution in [0.15, 0.2) is 78.0 Å². The van der Waals surface area contributed by atoms with Gasteiger partial charge in [0.15, 0.2) is 0 Å². The topological polar surface area (TPSA) is 130 Å². The van der Waals surface area contributed by atoms with Gasteiger partial charge in [-0.15, -0.1) is 6.58 Å². The standard InChI is InChI=1S/C38H50N2O8/c1-4-21-46-38-34(40(3)37(44)45-25-26-13-7-6-8-14-26)24-32(39-47-5-2)30-22-27(15-9-11-19-41)29(16-10-12-20-42)35(36(30)38)31-23-28(43)17-18-33(31)48-38/h4,6-8,13-14,17-18,22-23,27,29,34-36,41-43H,1,5,9-12,15-16,19-21,24-25H2,2-3H3/t27-,29+,34-,35+,36+,38+/m0/s1. The zero-order chi connectivity index (χ0) is 34.1. The van der Waals surface area contributed by atoms with E-state index in [4.69, 9.17) is 19.0 Å². The van der Waals surface area contributed by atoms with Gasteiger partial charge in [-0.1, -0.05) is 60.5 Å². The number of benzene rings is 2. The molecule has 0 bridgehead atoms. The molecule has 3 aliphatic rings. The largest absolute Gasteiger partial charge is 0.508 e. The van der Waals surface area contributed by atoms with Gasteiger partial charge in [-0.25, -0.2) is 4.79 Å². The Morgan fingerprint density at radius 3 is 2.56 bits per heavy atom. The summed E-state index contributed by atoms with van der Waals surface area (Å²) in [6, 6.07) is 14.0. The third kappa shape index (κ3) is 7.41. The molecule has 0 spiro atoms. The quantitative estimate of drug-likeness (QED) is 0.108. The number of aliphatic hydroxyl groups excluding tert-OH is 2. The molecule has 0 saturated heterocycles. The van der Waals surface area contributed by atoms with Gasteiger partial charge in [-0.3, -0.25) is 0 Å². The fourth-order valence-electron chi connectivity index (χ4n) is 7.83. The molecule has 6 atom stereocenters. The van der Waals surface area contributed by atoms with Crippen LogP contribution in [0.5, 0.6) is 11.5 Å². The summed E-state index contributed by atoms with van der Waals surface area (Å²) >= 11 is 0. The molecule has 1 amide bonds. The molecule has 1 saturated carbocycles. The number of carbonyl (C=O) groups excluding carboxylic acids is 1. The average Bonchev–Trinajstić information content (AvgIpc) is 3.10. The van der Waals surface area contributed by atoms with Crippen LogP contribution in [0.3, 0.4) is 0 Å². The lowest BCUT2D eigenvalue weighted by molar-refractivity contribution is -0.253. The molecule has 48 heavy (non-hydrogen) atoms. The highest BCUT2D eigenvalue weighted by Crippen LogP contribution is 2.61. The van der Waals surface area contributed by atoms with Gasteiger partial charge in [0.05, 0.1) is 18.2 Å². The summed E-state index contributed by atoms with van der Waals surface area (Å²) in [5, 5.41) is 34.7. The molecule has 5 rings (SSSR count). The molecule has 2 aromatic carbocycles. The maximum absolute atomic E-state index is 13.8. The van der Waals surface area contributed by atoms with Crippen LogP contribution in [0.25, 0.3) is 0 Å². The van der Waals surface area contributed by atoms with Crippen molar-refractivity contribution in [2.75, 3.05) is 33.5 Å². The highest BCUT2D eigenvalue weighted by molar-refractivity contribution is 6.02. The Hall–Kier alpha value is -3.86. The van der Waals surface area contributed by atoms with E-state index >= 15 is 0 Å². The van der Waals surface area contributed by atoms with E-state index in [1.54, 1.807) is 36.2 Å². The van der Waals surface area contributed by atoms with Crippen LogP contribution < -0.4 is 4.74 Å². The number of aliphatic hydroxyl groups is 2. The predicted octanol–water partition coefficient (Wildman–Crippen LogP) is 6.31. The summed E-state index contributed by atoms with van der Waals surface area (Å²) in [6.45, 7) is 6.69. The number of rotatable bonds is 16. The number of carbonyl (C=O) groups is 1. The first-order valence-corrected chi connectivity index (χ1v) is 17.2. The lowest BCUT2D eigenvalue weighted by Gasteiger charge is -2.59. The number of likely N-dealkylation sites (N-methyl/N-ethyl adjacent to an activating group) is 1. The maximum Gasteiger partial charge on any atom is 0.410 e.